The van der Waals surface area contributed by atoms with Crippen LogP contribution in [0.2, 0.25) is 0 Å². The molecule has 17 heavy (non-hydrogen) atoms. The van der Waals surface area contributed by atoms with Gasteiger partial charge in [-0.05, 0) is 19.1 Å². The van der Waals surface area contributed by atoms with Crippen molar-refractivity contribution < 1.29 is 27.5 Å². The Labute approximate surface area is 95.2 Å². The van der Waals surface area contributed by atoms with Crippen molar-refractivity contribution in [2.75, 3.05) is 7.11 Å². The number of halogens is 3. The Hall–Kier alpha value is -1.85. The second kappa shape index (κ2) is 4.57. The Kier molecular flexibility index (Phi) is 3.55. The molecule has 92 valence electrons. The Bertz CT molecular complexity index is 464. The Morgan fingerprint density at radius 3 is 2.29 bits per heavy atom. The van der Waals surface area contributed by atoms with E-state index in [-0.39, 0.29) is 17.6 Å². The van der Waals surface area contributed by atoms with Crippen LogP contribution in [0.15, 0.2) is 12.1 Å². The first-order valence-corrected chi connectivity index (χ1v) is 4.57. The number of carbonyl (C=O) groups excluding carboxylic acids is 2. The van der Waals surface area contributed by atoms with Gasteiger partial charge in [0.15, 0.2) is 12.1 Å². The van der Waals surface area contributed by atoms with Crippen LogP contribution in [0.25, 0.3) is 0 Å². The van der Waals surface area contributed by atoms with Crippen molar-refractivity contribution in [3.8, 4) is 5.75 Å². The maximum absolute atomic E-state index is 12.6. The molecule has 0 atom stereocenters. The largest absolute Gasteiger partial charge is 0.495 e. The van der Waals surface area contributed by atoms with Gasteiger partial charge in [0.25, 0.3) is 0 Å². The van der Waals surface area contributed by atoms with Crippen molar-refractivity contribution in [3.63, 3.8) is 0 Å². The zero-order chi connectivity index (χ0) is 13.2. The first-order chi connectivity index (χ1) is 7.82. The van der Waals surface area contributed by atoms with Gasteiger partial charge in [-0.25, -0.2) is 0 Å². The number of hydrogen-bond acceptors (Lipinski definition) is 3. The van der Waals surface area contributed by atoms with Gasteiger partial charge in [0, 0.05) is 0 Å². The van der Waals surface area contributed by atoms with Crippen molar-refractivity contribution >= 4 is 12.1 Å². The third-order valence-corrected chi connectivity index (χ3v) is 2.20. The predicted molar refractivity (Wildman–Crippen MR) is 53.4 cm³/mol. The molecule has 0 bridgehead atoms. The summed E-state index contributed by atoms with van der Waals surface area (Å²) >= 11 is 0. The summed E-state index contributed by atoms with van der Waals surface area (Å²) < 4.78 is 42.5. The molecule has 0 saturated heterocycles. The van der Waals surface area contributed by atoms with Gasteiger partial charge in [-0.3, -0.25) is 9.59 Å². The number of ether oxygens (including phenoxy) is 1. The van der Waals surface area contributed by atoms with Crippen LogP contribution in [-0.4, -0.2) is 19.2 Å². The smallest absolute Gasteiger partial charge is 0.417 e. The lowest BCUT2D eigenvalue weighted by atomic mass is 10.0. The third kappa shape index (κ3) is 2.46. The summed E-state index contributed by atoms with van der Waals surface area (Å²) in [6.45, 7) is 1.18. The maximum Gasteiger partial charge on any atom is 0.417 e. The number of alkyl halides is 3. The van der Waals surface area contributed by atoms with E-state index in [0.717, 1.165) is 13.2 Å². The summed E-state index contributed by atoms with van der Waals surface area (Å²) in [5.74, 6) is -0.819. The lowest BCUT2D eigenvalue weighted by molar-refractivity contribution is -0.137. The molecule has 0 amide bonds. The second-order valence-corrected chi connectivity index (χ2v) is 3.28. The van der Waals surface area contributed by atoms with Gasteiger partial charge in [0.05, 0.1) is 23.8 Å². The van der Waals surface area contributed by atoms with Crippen molar-refractivity contribution in [2.24, 2.45) is 0 Å². The van der Waals surface area contributed by atoms with Crippen LogP contribution in [0, 0.1) is 0 Å². The van der Waals surface area contributed by atoms with E-state index >= 15 is 0 Å². The SMILES string of the molecule is COc1c(C(C)=O)ccc(C(F)(F)F)c1C=O. The molecule has 6 heteroatoms. The molecule has 0 heterocycles. The Morgan fingerprint density at radius 1 is 1.35 bits per heavy atom. The van der Waals surface area contributed by atoms with Crippen LogP contribution in [0.4, 0.5) is 13.2 Å². The van der Waals surface area contributed by atoms with Gasteiger partial charge in [0.1, 0.15) is 5.75 Å². The molecule has 0 saturated carbocycles. The first kappa shape index (κ1) is 13.2. The summed E-state index contributed by atoms with van der Waals surface area (Å²) in [6, 6.07) is 1.69. The zero-order valence-corrected chi connectivity index (χ0v) is 9.09. The molecule has 0 aliphatic heterocycles. The molecule has 0 radical (unpaired) electrons. The number of Topliss-reactive ketones (excluding diaryl/α,β-unsaturated/α-hetero) is 1. The fraction of sp³-hybridized carbons (Fsp3) is 0.273. The van der Waals surface area contributed by atoms with Crippen molar-refractivity contribution in [1.82, 2.24) is 0 Å². The fourth-order valence-corrected chi connectivity index (χ4v) is 1.46. The molecule has 0 N–H and O–H groups in total. The molecule has 0 unspecified atom stereocenters. The third-order valence-electron chi connectivity index (χ3n) is 2.20. The van der Waals surface area contributed by atoms with Crippen LogP contribution in [0.3, 0.4) is 0 Å². The van der Waals surface area contributed by atoms with Gasteiger partial charge in [-0.1, -0.05) is 0 Å². The second-order valence-electron chi connectivity index (χ2n) is 3.28. The maximum atomic E-state index is 12.6. The van der Waals surface area contributed by atoms with Gasteiger partial charge in [-0.2, -0.15) is 13.2 Å². The summed E-state index contributed by atoms with van der Waals surface area (Å²) in [4.78, 5) is 21.9. The van der Waals surface area contributed by atoms with E-state index in [0.29, 0.717) is 6.07 Å². The van der Waals surface area contributed by atoms with E-state index in [9.17, 15) is 22.8 Å². The number of aldehydes is 1. The summed E-state index contributed by atoms with van der Waals surface area (Å²) in [5, 5.41) is 0. The number of hydrogen-bond donors (Lipinski definition) is 0. The van der Waals surface area contributed by atoms with Crippen LogP contribution < -0.4 is 4.74 Å². The molecule has 1 rings (SSSR count). The molecule has 0 aliphatic rings. The van der Waals surface area contributed by atoms with Crippen LogP contribution >= 0.6 is 0 Å². The minimum absolute atomic E-state index is 0.0358. The molecule has 0 spiro atoms. The highest BCUT2D eigenvalue weighted by Crippen LogP contribution is 2.36. The number of methoxy groups -OCH3 is 1. The lowest BCUT2D eigenvalue weighted by Gasteiger charge is -2.14. The van der Waals surface area contributed by atoms with Crippen LogP contribution in [-0.2, 0) is 6.18 Å². The van der Waals surface area contributed by atoms with Gasteiger partial charge < -0.3 is 4.74 Å². The van der Waals surface area contributed by atoms with Crippen LogP contribution in [0.5, 0.6) is 5.75 Å². The van der Waals surface area contributed by atoms with Gasteiger partial charge in [-0.15, -0.1) is 0 Å². The summed E-state index contributed by atoms with van der Waals surface area (Å²) in [5.41, 5.74) is -1.83. The van der Waals surface area contributed by atoms with Crippen molar-refractivity contribution in [2.45, 2.75) is 13.1 Å². The quantitative estimate of drug-likeness (QED) is 0.608. The lowest BCUT2D eigenvalue weighted by Crippen LogP contribution is -2.12. The molecule has 0 fully saturated rings. The predicted octanol–water partition coefficient (Wildman–Crippen LogP) is 2.73. The van der Waals surface area contributed by atoms with Crippen molar-refractivity contribution in [3.05, 3.63) is 28.8 Å². The summed E-state index contributed by atoms with van der Waals surface area (Å²) in [7, 11) is 1.11. The van der Waals surface area contributed by atoms with E-state index in [1.165, 1.54) is 6.92 Å². The average Bonchev–Trinajstić information content (AvgIpc) is 2.25. The standard InChI is InChI=1S/C11H9F3O3/c1-6(16)7-3-4-9(11(12,13)14)8(5-15)10(7)17-2/h3-5H,1-2H3. The molecular formula is C11H9F3O3. The molecule has 0 aromatic heterocycles. The summed E-state index contributed by atoms with van der Waals surface area (Å²) in [6.07, 6.45) is -4.63. The number of ketones is 1. The zero-order valence-electron chi connectivity index (χ0n) is 9.09. The highest BCUT2D eigenvalue weighted by atomic mass is 19.4. The van der Waals surface area contributed by atoms with Crippen molar-refractivity contribution in [1.29, 1.82) is 0 Å². The minimum Gasteiger partial charge on any atom is -0.495 e. The molecule has 1 aromatic carbocycles. The molecule has 3 nitrogen and oxygen atoms in total. The number of rotatable bonds is 3. The minimum atomic E-state index is -4.67. The first-order valence-electron chi connectivity index (χ1n) is 4.57. The fourth-order valence-electron chi connectivity index (χ4n) is 1.46. The molecular weight excluding hydrogens is 237 g/mol. The van der Waals surface area contributed by atoms with E-state index in [1.54, 1.807) is 0 Å². The van der Waals surface area contributed by atoms with Crippen LogP contribution in [0.1, 0.15) is 33.2 Å². The van der Waals surface area contributed by atoms with Gasteiger partial charge in [0.2, 0.25) is 0 Å². The Morgan fingerprint density at radius 2 is 1.94 bits per heavy atom. The van der Waals surface area contributed by atoms with E-state index in [4.69, 9.17) is 4.74 Å². The van der Waals surface area contributed by atoms with E-state index in [1.807, 2.05) is 0 Å². The number of carbonyl (C=O) groups is 2. The molecule has 0 aliphatic carbocycles. The highest BCUT2D eigenvalue weighted by molar-refractivity contribution is 6.00. The monoisotopic (exact) mass is 246 g/mol. The average molecular weight is 246 g/mol. The Balaban J connectivity index is 3.60. The number of benzene rings is 1. The topological polar surface area (TPSA) is 43.4 Å². The highest BCUT2D eigenvalue weighted by Gasteiger charge is 2.35. The van der Waals surface area contributed by atoms with E-state index < -0.39 is 23.1 Å². The van der Waals surface area contributed by atoms with E-state index in [2.05, 4.69) is 0 Å². The normalized spacial score (nSPS) is 11.1. The molecule has 1 aromatic rings. The van der Waals surface area contributed by atoms with Gasteiger partial charge >= 0.3 is 6.18 Å².